The number of guanidine groups is 1. The standard InChI is InChI=1S/C16H23N3OS.HI/c1-11(15-6-5-9-21-15)10-18-16(17-4)19-13(3)14-8-7-12(2)20-14;/h5-9,11,13H,10H2,1-4H3,(H2,17,18,19);1H. The summed E-state index contributed by atoms with van der Waals surface area (Å²) in [4.78, 5) is 5.65. The van der Waals surface area contributed by atoms with Gasteiger partial charge in [-0.25, -0.2) is 0 Å². The predicted molar refractivity (Wildman–Crippen MR) is 105 cm³/mol. The fraction of sp³-hybridized carbons (Fsp3) is 0.438. The lowest BCUT2D eigenvalue weighted by Gasteiger charge is -2.18. The summed E-state index contributed by atoms with van der Waals surface area (Å²) in [5.41, 5.74) is 0. The van der Waals surface area contributed by atoms with E-state index in [1.807, 2.05) is 19.1 Å². The van der Waals surface area contributed by atoms with Crippen molar-refractivity contribution in [3.8, 4) is 0 Å². The molecule has 2 aromatic rings. The van der Waals surface area contributed by atoms with E-state index in [4.69, 9.17) is 4.42 Å². The van der Waals surface area contributed by atoms with Gasteiger partial charge in [0.2, 0.25) is 0 Å². The zero-order valence-corrected chi connectivity index (χ0v) is 16.6. The molecule has 22 heavy (non-hydrogen) atoms. The molecule has 122 valence electrons. The van der Waals surface area contributed by atoms with Gasteiger partial charge in [0.25, 0.3) is 0 Å². The van der Waals surface area contributed by atoms with Gasteiger partial charge in [-0.1, -0.05) is 13.0 Å². The van der Waals surface area contributed by atoms with E-state index in [0.717, 1.165) is 24.0 Å². The molecule has 2 aromatic heterocycles. The van der Waals surface area contributed by atoms with Crippen molar-refractivity contribution in [1.82, 2.24) is 10.6 Å². The number of hydrogen-bond donors (Lipinski definition) is 2. The smallest absolute Gasteiger partial charge is 0.191 e. The summed E-state index contributed by atoms with van der Waals surface area (Å²) in [5.74, 6) is 3.10. The first-order chi connectivity index (χ1) is 10.1. The molecule has 0 saturated carbocycles. The zero-order chi connectivity index (χ0) is 15.2. The minimum Gasteiger partial charge on any atom is -0.464 e. The van der Waals surface area contributed by atoms with E-state index in [2.05, 4.69) is 47.0 Å². The van der Waals surface area contributed by atoms with Gasteiger partial charge in [-0.2, -0.15) is 0 Å². The molecule has 0 aliphatic carbocycles. The van der Waals surface area contributed by atoms with Crippen LogP contribution in [0.4, 0.5) is 0 Å². The molecule has 2 rings (SSSR count). The molecule has 0 aliphatic rings. The quantitative estimate of drug-likeness (QED) is 0.420. The second-order valence-corrected chi connectivity index (χ2v) is 6.16. The van der Waals surface area contributed by atoms with Crippen LogP contribution >= 0.6 is 35.3 Å². The Morgan fingerprint density at radius 3 is 2.64 bits per heavy atom. The molecule has 0 amide bonds. The van der Waals surface area contributed by atoms with E-state index in [1.165, 1.54) is 4.88 Å². The van der Waals surface area contributed by atoms with Gasteiger partial charge in [-0.15, -0.1) is 35.3 Å². The van der Waals surface area contributed by atoms with E-state index in [-0.39, 0.29) is 30.0 Å². The van der Waals surface area contributed by atoms with Crippen molar-refractivity contribution < 1.29 is 4.42 Å². The molecule has 0 bridgehead atoms. The van der Waals surface area contributed by atoms with Gasteiger partial charge in [0, 0.05) is 24.4 Å². The summed E-state index contributed by atoms with van der Waals surface area (Å²) in [6.07, 6.45) is 0. The highest BCUT2D eigenvalue weighted by Crippen LogP contribution is 2.19. The maximum Gasteiger partial charge on any atom is 0.191 e. The van der Waals surface area contributed by atoms with Gasteiger partial charge in [-0.05, 0) is 37.4 Å². The minimum atomic E-state index is 0. The van der Waals surface area contributed by atoms with Gasteiger partial charge in [0.05, 0.1) is 6.04 Å². The van der Waals surface area contributed by atoms with Gasteiger partial charge in [-0.3, -0.25) is 4.99 Å². The van der Waals surface area contributed by atoms with Crippen LogP contribution in [0.15, 0.2) is 39.1 Å². The summed E-state index contributed by atoms with van der Waals surface area (Å²) in [7, 11) is 1.78. The molecule has 2 atom stereocenters. The lowest BCUT2D eigenvalue weighted by molar-refractivity contribution is 0.441. The summed E-state index contributed by atoms with van der Waals surface area (Å²) < 4.78 is 5.63. The highest BCUT2D eigenvalue weighted by Gasteiger charge is 2.12. The molecule has 0 fully saturated rings. The molecule has 0 aromatic carbocycles. The van der Waals surface area contributed by atoms with Crippen LogP contribution in [0.3, 0.4) is 0 Å². The second-order valence-electron chi connectivity index (χ2n) is 5.18. The second kappa shape index (κ2) is 9.19. The third-order valence-electron chi connectivity index (χ3n) is 3.37. The molecule has 2 N–H and O–H groups in total. The first kappa shape index (κ1) is 19.0. The lowest BCUT2D eigenvalue weighted by atomic mass is 10.1. The van der Waals surface area contributed by atoms with Gasteiger partial charge in [0.15, 0.2) is 5.96 Å². The van der Waals surface area contributed by atoms with E-state index in [1.54, 1.807) is 18.4 Å². The fourth-order valence-corrected chi connectivity index (χ4v) is 2.87. The van der Waals surface area contributed by atoms with Crippen LogP contribution in [0.2, 0.25) is 0 Å². The molecular formula is C16H24IN3OS. The molecule has 0 aliphatic heterocycles. The number of halogens is 1. The average molecular weight is 433 g/mol. The Labute approximate surface area is 153 Å². The third kappa shape index (κ3) is 5.31. The maximum absolute atomic E-state index is 5.63. The van der Waals surface area contributed by atoms with Crippen molar-refractivity contribution in [3.63, 3.8) is 0 Å². The lowest BCUT2D eigenvalue weighted by Crippen LogP contribution is -2.40. The Morgan fingerprint density at radius 1 is 1.32 bits per heavy atom. The Morgan fingerprint density at radius 2 is 2.09 bits per heavy atom. The van der Waals surface area contributed by atoms with Gasteiger partial charge < -0.3 is 15.1 Å². The molecule has 0 spiro atoms. The van der Waals surface area contributed by atoms with E-state index < -0.39 is 0 Å². The fourth-order valence-electron chi connectivity index (χ4n) is 2.08. The maximum atomic E-state index is 5.63. The zero-order valence-electron chi connectivity index (χ0n) is 13.4. The molecule has 2 heterocycles. The Kier molecular flexibility index (Phi) is 7.95. The molecule has 0 radical (unpaired) electrons. The number of nitrogens with one attached hydrogen (secondary N) is 2. The molecular weight excluding hydrogens is 409 g/mol. The van der Waals surface area contributed by atoms with Crippen molar-refractivity contribution in [3.05, 3.63) is 46.0 Å². The largest absolute Gasteiger partial charge is 0.464 e. The van der Waals surface area contributed by atoms with Crippen molar-refractivity contribution in [2.45, 2.75) is 32.7 Å². The van der Waals surface area contributed by atoms with E-state index >= 15 is 0 Å². The number of hydrogen-bond acceptors (Lipinski definition) is 3. The van der Waals surface area contributed by atoms with Crippen molar-refractivity contribution in [1.29, 1.82) is 0 Å². The number of rotatable bonds is 5. The highest BCUT2D eigenvalue weighted by molar-refractivity contribution is 14.0. The van der Waals surface area contributed by atoms with Gasteiger partial charge >= 0.3 is 0 Å². The number of furan rings is 1. The first-order valence-corrected chi connectivity index (χ1v) is 8.05. The van der Waals surface area contributed by atoms with Crippen LogP contribution in [0.1, 0.15) is 42.2 Å². The van der Waals surface area contributed by atoms with E-state index in [0.29, 0.717) is 5.92 Å². The average Bonchev–Trinajstić information content (AvgIpc) is 3.13. The Hall–Kier alpha value is -1.02. The molecule has 0 saturated heterocycles. The van der Waals surface area contributed by atoms with Crippen LogP contribution in [-0.4, -0.2) is 19.6 Å². The summed E-state index contributed by atoms with van der Waals surface area (Å²) in [6, 6.07) is 8.31. The summed E-state index contributed by atoms with van der Waals surface area (Å²) in [5, 5.41) is 8.83. The minimum absolute atomic E-state index is 0. The number of thiophene rings is 1. The van der Waals surface area contributed by atoms with Crippen molar-refractivity contribution >= 4 is 41.3 Å². The van der Waals surface area contributed by atoms with Crippen LogP contribution in [0.25, 0.3) is 0 Å². The van der Waals surface area contributed by atoms with Crippen LogP contribution in [-0.2, 0) is 0 Å². The molecule has 4 nitrogen and oxygen atoms in total. The van der Waals surface area contributed by atoms with E-state index in [9.17, 15) is 0 Å². The molecule has 6 heteroatoms. The van der Waals surface area contributed by atoms with Gasteiger partial charge in [0.1, 0.15) is 11.5 Å². The molecule has 2 unspecified atom stereocenters. The predicted octanol–water partition coefficient (Wildman–Crippen LogP) is 4.30. The summed E-state index contributed by atoms with van der Waals surface area (Å²) >= 11 is 1.79. The third-order valence-corrected chi connectivity index (χ3v) is 4.47. The number of aryl methyl sites for hydroxylation is 1. The number of nitrogens with zero attached hydrogens (tertiary/aromatic N) is 1. The monoisotopic (exact) mass is 433 g/mol. The Bertz CT molecular complexity index is 580. The van der Waals surface area contributed by atoms with Crippen LogP contribution in [0.5, 0.6) is 0 Å². The number of aliphatic imine (C=N–C) groups is 1. The summed E-state index contributed by atoms with van der Waals surface area (Å²) in [6.45, 7) is 7.08. The van der Waals surface area contributed by atoms with Crippen LogP contribution < -0.4 is 10.6 Å². The normalized spacial score (nSPS) is 14.1. The first-order valence-electron chi connectivity index (χ1n) is 7.17. The highest BCUT2D eigenvalue weighted by atomic mass is 127. The van der Waals surface area contributed by atoms with Crippen molar-refractivity contribution in [2.75, 3.05) is 13.6 Å². The SMILES string of the molecule is CN=C(NCC(C)c1cccs1)NC(C)c1ccc(C)o1.I. The van der Waals surface area contributed by atoms with Crippen LogP contribution in [0, 0.1) is 6.92 Å². The topological polar surface area (TPSA) is 49.6 Å². The Balaban J connectivity index is 0.00000242. The van der Waals surface area contributed by atoms with Crippen molar-refractivity contribution in [2.24, 2.45) is 4.99 Å².